The van der Waals surface area contributed by atoms with Crippen LogP contribution < -0.4 is 0 Å². The molecule has 0 aromatic heterocycles. The van der Waals surface area contributed by atoms with Crippen molar-refractivity contribution in [3.63, 3.8) is 0 Å². The maximum atomic E-state index is 5.89. The lowest BCUT2D eigenvalue weighted by Gasteiger charge is -2.17. The third-order valence-corrected chi connectivity index (χ3v) is 3.33. The van der Waals surface area contributed by atoms with Gasteiger partial charge in [0.05, 0.1) is 6.61 Å². The molecule has 1 atom stereocenters. The molecule has 2 rings (SSSR count). The second-order valence-corrected chi connectivity index (χ2v) is 5.31. The summed E-state index contributed by atoms with van der Waals surface area (Å²) in [5.41, 5.74) is 1.31. The Morgan fingerprint density at radius 2 is 2.06 bits per heavy atom. The fourth-order valence-electron chi connectivity index (χ4n) is 1.92. The molecule has 0 spiro atoms. The number of halogens is 1. The van der Waals surface area contributed by atoms with Crippen molar-refractivity contribution in [2.24, 2.45) is 5.92 Å². The Labute approximate surface area is 107 Å². The smallest absolute Gasteiger partial charge is 0.156 e. The molecule has 1 fully saturated rings. The van der Waals surface area contributed by atoms with E-state index in [0.29, 0.717) is 17.6 Å². The average molecular weight is 255 g/mol. The van der Waals surface area contributed by atoms with Crippen molar-refractivity contribution < 1.29 is 4.74 Å². The van der Waals surface area contributed by atoms with Crippen LogP contribution in [0.4, 0.5) is 0 Å². The fraction of sp³-hybridized carbons (Fsp3) is 0.462. The normalized spacial score (nSPS) is 16.9. The molecule has 0 radical (unpaired) electrons. The summed E-state index contributed by atoms with van der Waals surface area (Å²) in [5.74, 6) is 1.23. The zero-order chi connectivity index (χ0) is 11.5. The number of benzene rings is 1. The second-order valence-electron chi connectivity index (χ2n) is 4.30. The van der Waals surface area contributed by atoms with Crippen molar-refractivity contribution in [2.45, 2.75) is 25.7 Å². The van der Waals surface area contributed by atoms with Crippen LogP contribution in [-0.2, 0) is 4.74 Å². The molecule has 0 amide bonds. The maximum Gasteiger partial charge on any atom is 0.156 e. The number of ether oxygens (including phenoxy) is 1. The molecule has 0 aliphatic heterocycles. The molecule has 1 unspecified atom stereocenters. The van der Waals surface area contributed by atoms with Crippen molar-refractivity contribution in [2.75, 3.05) is 6.61 Å². The van der Waals surface area contributed by atoms with Crippen LogP contribution in [0.1, 0.15) is 31.2 Å². The first kappa shape index (κ1) is 11.9. The Balaban J connectivity index is 2.06. The van der Waals surface area contributed by atoms with Crippen LogP contribution in [-0.4, -0.2) is 11.7 Å². The summed E-state index contributed by atoms with van der Waals surface area (Å²) in [5, 5.41) is 1.41. The predicted molar refractivity (Wildman–Crippen MR) is 71.1 cm³/mol. The molecule has 1 aliphatic carbocycles. The summed E-state index contributed by atoms with van der Waals surface area (Å²) in [6, 6.07) is 8.06. The Hall–Kier alpha value is -0.600. The first-order chi connectivity index (χ1) is 7.66. The Morgan fingerprint density at radius 3 is 2.56 bits per heavy atom. The van der Waals surface area contributed by atoms with E-state index >= 15 is 0 Å². The largest absolute Gasteiger partial charge is 0.487 e. The van der Waals surface area contributed by atoms with E-state index in [4.69, 9.17) is 28.6 Å². The van der Waals surface area contributed by atoms with Gasteiger partial charge in [0, 0.05) is 17.9 Å². The third-order valence-electron chi connectivity index (χ3n) is 2.96. The zero-order valence-electron chi connectivity index (χ0n) is 9.28. The lowest BCUT2D eigenvalue weighted by atomic mass is 9.95. The molecule has 1 saturated carbocycles. The summed E-state index contributed by atoms with van der Waals surface area (Å²) in [4.78, 5) is 0. The second kappa shape index (κ2) is 5.15. The molecule has 1 aliphatic rings. The highest BCUT2D eigenvalue weighted by Crippen LogP contribution is 2.42. The molecule has 0 heterocycles. The van der Waals surface area contributed by atoms with Crippen molar-refractivity contribution in [1.29, 1.82) is 0 Å². The van der Waals surface area contributed by atoms with Crippen LogP contribution >= 0.6 is 23.8 Å². The van der Waals surface area contributed by atoms with Gasteiger partial charge in [0.1, 0.15) is 0 Å². The van der Waals surface area contributed by atoms with Gasteiger partial charge in [-0.25, -0.2) is 0 Å². The Kier molecular flexibility index (Phi) is 3.82. The van der Waals surface area contributed by atoms with Crippen molar-refractivity contribution in [1.82, 2.24) is 0 Å². The fourth-order valence-corrected chi connectivity index (χ4v) is 2.11. The topological polar surface area (TPSA) is 9.23 Å². The van der Waals surface area contributed by atoms with Crippen LogP contribution in [0, 0.1) is 5.92 Å². The van der Waals surface area contributed by atoms with E-state index in [1.54, 1.807) is 0 Å². The number of hydrogen-bond donors (Lipinski definition) is 0. The Bertz CT molecular complexity index is 370. The molecule has 86 valence electrons. The lowest BCUT2D eigenvalue weighted by molar-refractivity contribution is 0.268. The highest BCUT2D eigenvalue weighted by atomic mass is 35.5. The summed E-state index contributed by atoms with van der Waals surface area (Å²) in [6.07, 6.45) is 2.60. The molecule has 0 N–H and O–H groups in total. The van der Waals surface area contributed by atoms with Crippen LogP contribution in [0.3, 0.4) is 0 Å². The molecule has 1 nitrogen and oxygen atoms in total. The number of thiocarbonyl (C=S) groups is 1. The van der Waals surface area contributed by atoms with Gasteiger partial charge in [-0.2, -0.15) is 0 Å². The van der Waals surface area contributed by atoms with Crippen LogP contribution in [0.5, 0.6) is 0 Å². The minimum Gasteiger partial charge on any atom is -0.487 e. The zero-order valence-corrected chi connectivity index (χ0v) is 10.9. The van der Waals surface area contributed by atoms with Crippen molar-refractivity contribution in [3.8, 4) is 0 Å². The van der Waals surface area contributed by atoms with E-state index in [1.165, 1.54) is 18.4 Å². The van der Waals surface area contributed by atoms with Gasteiger partial charge in [-0.3, -0.25) is 0 Å². The van der Waals surface area contributed by atoms with Gasteiger partial charge < -0.3 is 4.74 Å². The van der Waals surface area contributed by atoms with Gasteiger partial charge >= 0.3 is 0 Å². The summed E-state index contributed by atoms with van der Waals surface area (Å²) in [7, 11) is 0. The Morgan fingerprint density at radius 1 is 1.44 bits per heavy atom. The summed E-state index contributed by atoms with van der Waals surface area (Å²) >= 11 is 10.8. The monoisotopic (exact) mass is 254 g/mol. The SMILES string of the molecule is CC(=S)OCC(c1ccc(Cl)cc1)C1CC1. The highest BCUT2D eigenvalue weighted by molar-refractivity contribution is 7.80. The third kappa shape index (κ3) is 3.19. The number of hydrogen-bond acceptors (Lipinski definition) is 2. The summed E-state index contributed by atoms with van der Waals surface area (Å²) in [6.45, 7) is 2.52. The van der Waals surface area contributed by atoms with Gasteiger partial charge in [-0.1, -0.05) is 23.7 Å². The van der Waals surface area contributed by atoms with Gasteiger partial charge in [-0.15, -0.1) is 0 Å². The number of rotatable bonds is 4. The van der Waals surface area contributed by atoms with Crippen molar-refractivity contribution in [3.05, 3.63) is 34.9 Å². The van der Waals surface area contributed by atoms with Crippen molar-refractivity contribution >= 4 is 28.9 Å². The molecule has 3 heteroatoms. The van der Waals surface area contributed by atoms with E-state index in [9.17, 15) is 0 Å². The van der Waals surface area contributed by atoms with Crippen LogP contribution in [0.15, 0.2) is 24.3 Å². The molecular weight excluding hydrogens is 240 g/mol. The summed E-state index contributed by atoms with van der Waals surface area (Å²) < 4.78 is 5.49. The van der Waals surface area contributed by atoms with E-state index in [-0.39, 0.29) is 0 Å². The molecule has 1 aromatic rings. The first-order valence-corrected chi connectivity index (χ1v) is 6.34. The molecular formula is C13H15ClOS. The highest BCUT2D eigenvalue weighted by Gasteiger charge is 2.32. The van der Waals surface area contributed by atoms with E-state index in [0.717, 1.165) is 10.9 Å². The first-order valence-electron chi connectivity index (χ1n) is 5.55. The van der Waals surface area contributed by atoms with Crippen LogP contribution in [0.25, 0.3) is 0 Å². The van der Waals surface area contributed by atoms with Gasteiger partial charge in [-0.05, 0) is 48.7 Å². The molecule has 0 bridgehead atoms. The van der Waals surface area contributed by atoms with E-state index < -0.39 is 0 Å². The van der Waals surface area contributed by atoms with Gasteiger partial charge in [0.15, 0.2) is 5.05 Å². The van der Waals surface area contributed by atoms with E-state index in [1.807, 2.05) is 19.1 Å². The van der Waals surface area contributed by atoms with E-state index in [2.05, 4.69) is 12.1 Å². The van der Waals surface area contributed by atoms with Crippen LogP contribution in [0.2, 0.25) is 5.02 Å². The quantitative estimate of drug-likeness (QED) is 0.745. The minimum atomic E-state index is 0.468. The molecule has 0 saturated heterocycles. The minimum absolute atomic E-state index is 0.468. The average Bonchev–Trinajstić information content (AvgIpc) is 3.04. The molecule has 16 heavy (non-hydrogen) atoms. The standard InChI is InChI=1S/C13H15ClOS/c1-9(16)15-8-13(10-2-3-10)11-4-6-12(14)7-5-11/h4-7,10,13H,2-3,8H2,1H3. The predicted octanol–water partition coefficient (Wildman–Crippen LogP) is 4.20. The molecule has 1 aromatic carbocycles. The maximum absolute atomic E-state index is 5.89. The lowest BCUT2D eigenvalue weighted by Crippen LogP contribution is -2.11. The van der Waals surface area contributed by atoms with Gasteiger partial charge in [0.25, 0.3) is 0 Å². The van der Waals surface area contributed by atoms with Gasteiger partial charge in [0.2, 0.25) is 0 Å².